The van der Waals surface area contributed by atoms with Crippen molar-refractivity contribution in [2.24, 2.45) is 5.73 Å². The van der Waals surface area contributed by atoms with Crippen LogP contribution in [0.15, 0.2) is 48.8 Å². The molecule has 2 N–H and O–H groups in total. The normalized spacial score (nSPS) is 19.2. The van der Waals surface area contributed by atoms with Crippen molar-refractivity contribution in [2.45, 2.75) is 25.4 Å². The first-order valence-electron chi connectivity index (χ1n) is 9.27. The van der Waals surface area contributed by atoms with Crippen molar-refractivity contribution in [3.8, 4) is 0 Å². The van der Waals surface area contributed by atoms with Crippen LogP contribution in [0.1, 0.15) is 18.5 Å². The largest absolute Gasteiger partial charge is 0.356 e. The molecule has 1 aromatic carbocycles. The summed E-state index contributed by atoms with van der Waals surface area (Å²) in [5.41, 5.74) is 7.87. The highest BCUT2D eigenvalue weighted by atomic mass is 15.4. The van der Waals surface area contributed by atoms with E-state index in [4.69, 9.17) is 10.7 Å². The molecule has 2 aliphatic rings. The Morgan fingerprint density at radius 3 is 2.72 bits per heavy atom. The van der Waals surface area contributed by atoms with E-state index in [1.807, 2.05) is 6.07 Å². The van der Waals surface area contributed by atoms with E-state index in [1.165, 1.54) is 31.3 Å². The summed E-state index contributed by atoms with van der Waals surface area (Å²) < 4.78 is 0. The summed E-state index contributed by atoms with van der Waals surface area (Å²) in [6.07, 6.45) is 6.92. The van der Waals surface area contributed by atoms with Crippen LogP contribution in [0.3, 0.4) is 0 Å². The molecule has 3 heterocycles. The second-order valence-electron chi connectivity index (χ2n) is 7.06. The van der Waals surface area contributed by atoms with Gasteiger partial charge < -0.3 is 20.4 Å². The first-order chi connectivity index (χ1) is 12.3. The first kappa shape index (κ1) is 16.4. The Labute approximate surface area is 149 Å². The van der Waals surface area contributed by atoms with Gasteiger partial charge in [-0.3, -0.25) is 4.98 Å². The lowest BCUT2D eigenvalue weighted by Crippen LogP contribution is -2.44. The number of piperidine rings is 1. The topological polar surface area (TPSA) is 48.6 Å². The molecule has 0 saturated carbocycles. The molecule has 25 heavy (non-hydrogen) atoms. The Balaban J connectivity index is 1.32. The Morgan fingerprint density at radius 2 is 1.88 bits per heavy atom. The molecule has 2 aliphatic heterocycles. The maximum absolute atomic E-state index is 5.67. The fourth-order valence-electron chi connectivity index (χ4n) is 3.89. The molecule has 1 fully saturated rings. The van der Waals surface area contributed by atoms with Crippen molar-refractivity contribution in [3.63, 3.8) is 0 Å². The van der Waals surface area contributed by atoms with Crippen molar-refractivity contribution >= 4 is 10.9 Å². The maximum atomic E-state index is 5.67. The second kappa shape index (κ2) is 7.42. The van der Waals surface area contributed by atoms with Gasteiger partial charge in [0.05, 0.1) is 24.4 Å². The lowest BCUT2D eigenvalue weighted by atomic mass is 10.0. The summed E-state index contributed by atoms with van der Waals surface area (Å²) in [4.78, 5) is 12.1. The van der Waals surface area contributed by atoms with Crippen LogP contribution in [0.2, 0.25) is 0 Å². The number of nitrogens with zero attached hydrogens (tertiary/aromatic N) is 4. The van der Waals surface area contributed by atoms with Gasteiger partial charge in [0.1, 0.15) is 0 Å². The van der Waals surface area contributed by atoms with Crippen LogP contribution >= 0.6 is 0 Å². The SMILES string of the molecule is NCCN1CCC(N2C=CN(Cc3ccc4ccccc4n3)C2)CC1. The highest BCUT2D eigenvalue weighted by molar-refractivity contribution is 5.78. The average Bonchev–Trinajstić information content (AvgIpc) is 3.11. The third-order valence-electron chi connectivity index (χ3n) is 5.31. The maximum Gasteiger partial charge on any atom is 0.0900 e. The summed E-state index contributed by atoms with van der Waals surface area (Å²) in [5, 5.41) is 1.20. The molecule has 132 valence electrons. The quantitative estimate of drug-likeness (QED) is 0.906. The van der Waals surface area contributed by atoms with E-state index in [0.717, 1.165) is 37.5 Å². The van der Waals surface area contributed by atoms with Crippen molar-refractivity contribution < 1.29 is 0 Å². The van der Waals surface area contributed by atoms with Gasteiger partial charge in [-0.2, -0.15) is 0 Å². The Hall–Kier alpha value is -2.11. The number of aromatic nitrogens is 1. The molecule has 0 bridgehead atoms. The van der Waals surface area contributed by atoms with E-state index in [-0.39, 0.29) is 0 Å². The van der Waals surface area contributed by atoms with E-state index in [9.17, 15) is 0 Å². The van der Waals surface area contributed by atoms with E-state index >= 15 is 0 Å². The van der Waals surface area contributed by atoms with Crippen LogP contribution in [-0.2, 0) is 6.54 Å². The monoisotopic (exact) mass is 337 g/mol. The van der Waals surface area contributed by atoms with Crippen molar-refractivity contribution in [3.05, 3.63) is 54.5 Å². The van der Waals surface area contributed by atoms with Crippen LogP contribution in [-0.4, -0.2) is 58.6 Å². The summed E-state index contributed by atoms with van der Waals surface area (Å²) >= 11 is 0. The highest BCUT2D eigenvalue weighted by Gasteiger charge is 2.25. The third kappa shape index (κ3) is 3.78. The molecule has 0 radical (unpaired) electrons. The minimum absolute atomic E-state index is 0.653. The highest BCUT2D eigenvalue weighted by Crippen LogP contribution is 2.22. The van der Waals surface area contributed by atoms with Crippen molar-refractivity contribution in [1.82, 2.24) is 19.7 Å². The minimum Gasteiger partial charge on any atom is -0.356 e. The van der Waals surface area contributed by atoms with Crippen LogP contribution in [0.25, 0.3) is 10.9 Å². The van der Waals surface area contributed by atoms with E-state index in [1.54, 1.807) is 0 Å². The van der Waals surface area contributed by atoms with Gasteiger partial charge >= 0.3 is 0 Å². The molecule has 2 aromatic rings. The summed E-state index contributed by atoms with van der Waals surface area (Å²) in [7, 11) is 0. The molecule has 1 saturated heterocycles. The van der Waals surface area contributed by atoms with E-state index in [0.29, 0.717) is 6.04 Å². The molecule has 1 aromatic heterocycles. The number of rotatable bonds is 5. The predicted octanol–water partition coefficient (Wildman–Crippen LogP) is 2.20. The predicted molar refractivity (Wildman–Crippen MR) is 102 cm³/mol. The fraction of sp³-hybridized carbons (Fsp3) is 0.450. The lowest BCUT2D eigenvalue weighted by Gasteiger charge is -2.37. The second-order valence-corrected chi connectivity index (χ2v) is 7.06. The number of fused-ring (bicyclic) bond motifs is 1. The van der Waals surface area contributed by atoms with Gasteiger partial charge in [0.25, 0.3) is 0 Å². The van der Waals surface area contributed by atoms with Crippen molar-refractivity contribution in [2.75, 3.05) is 32.8 Å². The molecule has 0 atom stereocenters. The minimum atomic E-state index is 0.653. The molecule has 0 amide bonds. The van der Waals surface area contributed by atoms with Gasteiger partial charge in [-0.15, -0.1) is 0 Å². The average molecular weight is 337 g/mol. The lowest BCUT2D eigenvalue weighted by molar-refractivity contribution is 0.125. The molecule has 5 heteroatoms. The number of para-hydroxylation sites is 1. The third-order valence-corrected chi connectivity index (χ3v) is 5.31. The number of benzene rings is 1. The Bertz CT molecular complexity index is 736. The molecule has 0 aliphatic carbocycles. The molecule has 4 rings (SSSR count). The van der Waals surface area contributed by atoms with Gasteiger partial charge in [-0.25, -0.2) is 0 Å². The van der Waals surface area contributed by atoms with Crippen LogP contribution < -0.4 is 5.73 Å². The van der Waals surface area contributed by atoms with Gasteiger partial charge in [0, 0.05) is 50.0 Å². The fourth-order valence-corrected chi connectivity index (χ4v) is 3.89. The zero-order valence-corrected chi connectivity index (χ0v) is 14.7. The van der Waals surface area contributed by atoms with Crippen LogP contribution in [0, 0.1) is 0 Å². The van der Waals surface area contributed by atoms with Crippen LogP contribution in [0.4, 0.5) is 0 Å². The Morgan fingerprint density at radius 1 is 1.04 bits per heavy atom. The molecular formula is C20H27N5. The summed E-state index contributed by atoms with van der Waals surface area (Å²) in [5.74, 6) is 0. The number of pyridine rings is 1. The summed E-state index contributed by atoms with van der Waals surface area (Å²) in [6, 6.07) is 13.3. The zero-order chi connectivity index (χ0) is 17.1. The van der Waals surface area contributed by atoms with Crippen molar-refractivity contribution in [1.29, 1.82) is 0 Å². The molecule has 5 nitrogen and oxygen atoms in total. The van der Waals surface area contributed by atoms with Gasteiger partial charge in [0.2, 0.25) is 0 Å². The zero-order valence-electron chi connectivity index (χ0n) is 14.7. The summed E-state index contributed by atoms with van der Waals surface area (Å²) in [6.45, 7) is 5.96. The van der Waals surface area contributed by atoms with Gasteiger partial charge in [-0.1, -0.05) is 24.3 Å². The number of hydrogen-bond donors (Lipinski definition) is 1. The molecule has 0 unspecified atom stereocenters. The number of hydrogen-bond acceptors (Lipinski definition) is 5. The first-order valence-corrected chi connectivity index (χ1v) is 9.27. The molecular weight excluding hydrogens is 310 g/mol. The van der Waals surface area contributed by atoms with Crippen LogP contribution in [0.5, 0.6) is 0 Å². The number of likely N-dealkylation sites (tertiary alicyclic amines) is 1. The van der Waals surface area contributed by atoms with E-state index in [2.05, 4.69) is 57.4 Å². The van der Waals surface area contributed by atoms with Gasteiger partial charge in [0.15, 0.2) is 0 Å². The standard InChI is InChI=1S/C20H27N5/c21-9-12-23-10-7-19(8-11-23)25-14-13-24(16-25)15-18-6-5-17-3-1-2-4-20(17)22-18/h1-6,13-14,19H,7-12,15-16,21H2. The molecule has 0 spiro atoms. The van der Waals surface area contributed by atoms with Gasteiger partial charge in [-0.05, 0) is 25.0 Å². The smallest absolute Gasteiger partial charge is 0.0900 e. The Kier molecular flexibility index (Phi) is 4.85. The van der Waals surface area contributed by atoms with E-state index < -0.39 is 0 Å². The number of nitrogens with two attached hydrogens (primary N) is 1.